The molecule has 0 radical (unpaired) electrons. The molecular formula is C17H23NO5S2. The number of thioether (sulfide) groups is 1. The summed E-state index contributed by atoms with van der Waals surface area (Å²) in [6.07, 6.45) is 0. The molecule has 0 aliphatic carbocycles. The van der Waals surface area contributed by atoms with Crippen LogP contribution in [0.5, 0.6) is 0 Å². The third-order valence-electron chi connectivity index (χ3n) is 4.11. The van der Waals surface area contributed by atoms with E-state index in [-0.39, 0.29) is 11.9 Å². The van der Waals surface area contributed by atoms with Gasteiger partial charge >= 0.3 is 11.9 Å². The molecule has 2 heterocycles. The van der Waals surface area contributed by atoms with E-state index in [1.807, 2.05) is 13.8 Å². The summed E-state index contributed by atoms with van der Waals surface area (Å²) in [5, 5.41) is 0. The highest BCUT2D eigenvalue weighted by atomic mass is 32.2. The lowest BCUT2D eigenvalue weighted by Gasteiger charge is -2.37. The first-order valence-corrected chi connectivity index (χ1v) is 9.81. The van der Waals surface area contributed by atoms with Crippen LogP contribution >= 0.6 is 23.1 Å². The van der Waals surface area contributed by atoms with Crippen molar-refractivity contribution in [2.75, 3.05) is 33.1 Å². The highest BCUT2D eigenvalue weighted by Gasteiger charge is 2.54. The lowest BCUT2D eigenvalue weighted by molar-refractivity contribution is -0.142. The number of ether oxygens (including phenoxy) is 3. The second-order valence-electron chi connectivity index (χ2n) is 5.57. The number of carbonyl (C=O) groups is 2. The van der Waals surface area contributed by atoms with Crippen LogP contribution in [0.15, 0.2) is 11.1 Å². The zero-order valence-electron chi connectivity index (χ0n) is 15.1. The Morgan fingerprint density at radius 2 is 2.12 bits per heavy atom. The molecule has 0 amide bonds. The topological polar surface area (TPSA) is 74.2 Å². The third-order valence-corrected chi connectivity index (χ3v) is 7.05. The van der Waals surface area contributed by atoms with E-state index in [2.05, 4.69) is 4.99 Å². The molecule has 1 aromatic heterocycles. The third kappa shape index (κ3) is 3.55. The van der Waals surface area contributed by atoms with Gasteiger partial charge in [-0.25, -0.2) is 9.59 Å². The second kappa shape index (κ2) is 8.23. The molecule has 1 aromatic rings. The van der Waals surface area contributed by atoms with E-state index < -0.39 is 10.7 Å². The molecule has 25 heavy (non-hydrogen) atoms. The van der Waals surface area contributed by atoms with Gasteiger partial charge in [0.2, 0.25) is 5.90 Å². The predicted molar refractivity (Wildman–Crippen MR) is 99.9 cm³/mol. The van der Waals surface area contributed by atoms with Crippen LogP contribution in [0, 0.1) is 6.92 Å². The van der Waals surface area contributed by atoms with Crippen molar-refractivity contribution in [3.8, 4) is 0 Å². The van der Waals surface area contributed by atoms with Gasteiger partial charge in [-0.2, -0.15) is 0 Å². The van der Waals surface area contributed by atoms with Gasteiger partial charge in [0.25, 0.3) is 0 Å². The average Bonchev–Trinajstić information content (AvgIpc) is 3.02. The van der Waals surface area contributed by atoms with Crippen molar-refractivity contribution in [2.45, 2.75) is 31.4 Å². The molecule has 0 spiro atoms. The quantitative estimate of drug-likeness (QED) is 0.726. The van der Waals surface area contributed by atoms with Crippen LogP contribution < -0.4 is 0 Å². The Hall–Kier alpha value is -1.54. The van der Waals surface area contributed by atoms with Gasteiger partial charge in [0, 0.05) is 16.5 Å². The predicted octanol–water partition coefficient (Wildman–Crippen LogP) is 3.04. The van der Waals surface area contributed by atoms with Crippen LogP contribution in [-0.4, -0.2) is 55.7 Å². The molecule has 138 valence electrons. The fraction of sp³-hybridized carbons (Fsp3) is 0.588. The number of hydrogen-bond donors (Lipinski definition) is 0. The molecule has 0 saturated carbocycles. The maximum atomic E-state index is 12.7. The summed E-state index contributed by atoms with van der Waals surface area (Å²) < 4.78 is 14.6. The van der Waals surface area contributed by atoms with E-state index in [4.69, 9.17) is 14.2 Å². The molecule has 2 unspecified atom stereocenters. The Morgan fingerprint density at radius 1 is 1.40 bits per heavy atom. The largest absolute Gasteiger partial charge is 0.483 e. The summed E-state index contributed by atoms with van der Waals surface area (Å²) in [6, 6.07) is 1.80. The molecule has 0 bridgehead atoms. The van der Waals surface area contributed by atoms with Gasteiger partial charge in [-0.15, -0.1) is 23.1 Å². The minimum absolute atomic E-state index is 0.267. The van der Waals surface area contributed by atoms with E-state index in [1.54, 1.807) is 13.0 Å². The van der Waals surface area contributed by atoms with Crippen LogP contribution in [0.1, 0.15) is 39.9 Å². The van der Waals surface area contributed by atoms with E-state index in [1.165, 1.54) is 37.3 Å². The molecule has 0 aromatic carbocycles. The molecule has 2 rings (SSSR count). The number of esters is 2. The van der Waals surface area contributed by atoms with Crippen molar-refractivity contribution in [1.29, 1.82) is 0 Å². The zero-order valence-corrected chi connectivity index (χ0v) is 16.7. The molecular weight excluding hydrogens is 362 g/mol. The highest BCUT2D eigenvalue weighted by molar-refractivity contribution is 8.02. The van der Waals surface area contributed by atoms with E-state index in [0.717, 1.165) is 10.4 Å². The number of nitrogens with zero attached hydrogens (tertiary/aromatic N) is 1. The van der Waals surface area contributed by atoms with Crippen LogP contribution in [0.4, 0.5) is 0 Å². The Morgan fingerprint density at radius 3 is 2.72 bits per heavy atom. The van der Waals surface area contributed by atoms with Gasteiger partial charge in [0.05, 0.1) is 27.4 Å². The molecule has 1 aliphatic heterocycles. The summed E-state index contributed by atoms with van der Waals surface area (Å²) in [4.78, 5) is 30.6. The highest BCUT2D eigenvalue weighted by Crippen LogP contribution is 2.46. The second-order valence-corrected chi connectivity index (χ2v) is 7.99. The Bertz CT molecular complexity index is 685. The first-order valence-electron chi connectivity index (χ1n) is 8.01. The van der Waals surface area contributed by atoms with Crippen LogP contribution in [0.25, 0.3) is 0 Å². The minimum Gasteiger partial charge on any atom is -0.483 e. The lowest BCUT2D eigenvalue weighted by atomic mass is 9.89. The molecule has 0 fully saturated rings. The first-order chi connectivity index (χ1) is 11.9. The van der Waals surface area contributed by atoms with Crippen molar-refractivity contribution < 1.29 is 23.8 Å². The average molecular weight is 386 g/mol. The lowest BCUT2D eigenvalue weighted by Crippen LogP contribution is -2.51. The Balaban J connectivity index is 2.49. The normalized spacial score (nSPS) is 21.2. The monoisotopic (exact) mass is 385 g/mol. The van der Waals surface area contributed by atoms with Crippen molar-refractivity contribution in [1.82, 2.24) is 0 Å². The van der Waals surface area contributed by atoms with E-state index in [0.29, 0.717) is 29.7 Å². The van der Waals surface area contributed by atoms with Crippen molar-refractivity contribution in [2.24, 2.45) is 4.99 Å². The van der Waals surface area contributed by atoms with Gasteiger partial charge in [-0.3, -0.25) is 4.99 Å². The summed E-state index contributed by atoms with van der Waals surface area (Å²) in [7, 11) is 2.88. The molecule has 6 nitrogen and oxygen atoms in total. The van der Waals surface area contributed by atoms with E-state index >= 15 is 0 Å². The molecule has 0 N–H and O–H groups in total. The van der Waals surface area contributed by atoms with Gasteiger partial charge in [-0.05, 0) is 25.5 Å². The van der Waals surface area contributed by atoms with Crippen molar-refractivity contribution in [3.63, 3.8) is 0 Å². The van der Waals surface area contributed by atoms with Gasteiger partial charge in [0.1, 0.15) is 4.88 Å². The zero-order chi connectivity index (χ0) is 18.6. The fourth-order valence-corrected chi connectivity index (χ4v) is 5.56. The van der Waals surface area contributed by atoms with Gasteiger partial charge in [0.15, 0.2) is 4.75 Å². The van der Waals surface area contributed by atoms with E-state index in [9.17, 15) is 9.59 Å². The summed E-state index contributed by atoms with van der Waals surface area (Å²) in [5.41, 5.74) is 0.936. The molecule has 2 atom stereocenters. The smallest absolute Gasteiger partial charge is 0.348 e. The number of thiophene rings is 1. The number of methoxy groups -OCH3 is 2. The Kier molecular flexibility index (Phi) is 6.51. The molecule has 0 saturated heterocycles. The number of aryl methyl sites for hydroxylation is 1. The summed E-state index contributed by atoms with van der Waals surface area (Å²) in [5.74, 6) is 0.0566. The summed E-state index contributed by atoms with van der Waals surface area (Å²) in [6.45, 7) is 6.55. The number of hydrogen-bond acceptors (Lipinski definition) is 8. The standard InChI is InChI=1S/C17H23NO5S2/c1-6-23-14(19)12-9-10(2)13(25-12)11(3)17(16(20)22-5)15(21-4)18-7-8-24-17/h9,11H,6-8H2,1-5H3. The SMILES string of the molecule is CCOC(=O)c1cc(C)c(C(C)C2(C(=O)OC)SCCN=C2OC)s1. The number of aliphatic imine (C=N–C) groups is 1. The van der Waals surface area contributed by atoms with Crippen molar-refractivity contribution in [3.05, 3.63) is 21.4 Å². The van der Waals surface area contributed by atoms with Crippen molar-refractivity contribution >= 4 is 40.9 Å². The molecule has 1 aliphatic rings. The van der Waals surface area contributed by atoms with Gasteiger partial charge in [-0.1, -0.05) is 6.92 Å². The summed E-state index contributed by atoms with van der Waals surface area (Å²) >= 11 is 2.82. The van der Waals surface area contributed by atoms with Gasteiger partial charge < -0.3 is 14.2 Å². The van der Waals surface area contributed by atoms with Crippen LogP contribution in [0.2, 0.25) is 0 Å². The number of rotatable bonds is 5. The van der Waals surface area contributed by atoms with Crippen LogP contribution in [-0.2, 0) is 19.0 Å². The van der Waals surface area contributed by atoms with Crippen LogP contribution in [0.3, 0.4) is 0 Å². The minimum atomic E-state index is -1.05. The Labute approximate surface area is 155 Å². The fourth-order valence-electron chi connectivity index (χ4n) is 2.95. The first kappa shape index (κ1) is 19.8. The maximum absolute atomic E-state index is 12.7. The number of carbonyl (C=O) groups excluding carboxylic acids is 2. The molecule has 8 heteroatoms. The maximum Gasteiger partial charge on any atom is 0.348 e.